The van der Waals surface area contributed by atoms with Crippen molar-refractivity contribution in [2.45, 2.75) is 0 Å². The summed E-state index contributed by atoms with van der Waals surface area (Å²) in [6.45, 7) is 0. The van der Waals surface area contributed by atoms with E-state index >= 15 is 0 Å². The van der Waals surface area contributed by atoms with Crippen LogP contribution in [0.2, 0.25) is 0 Å². The molecule has 0 spiro atoms. The van der Waals surface area contributed by atoms with Crippen LogP contribution in [0, 0.1) is 0 Å². The molecule has 15 heavy (non-hydrogen) atoms. The van der Waals surface area contributed by atoms with Crippen molar-refractivity contribution >= 4 is 17.8 Å². The van der Waals surface area contributed by atoms with Crippen LogP contribution >= 0.6 is 0 Å². The van der Waals surface area contributed by atoms with Crippen LogP contribution in [0.25, 0.3) is 0 Å². The maximum absolute atomic E-state index is 11.3. The second-order valence-corrected chi connectivity index (χ2v) is 3.01. The summed E-state index contributed by atoms with van der Waals surface area (Å²) in [5, 5.41) is 2.95. The molecule has 1 amide bonds. The van der Waals surface area contributed by atoms with Gasteiger partial charge in [0.2, 0.25) is 0 Å². The number of hydrogen-bond donors (Lipinski definition) is 3. The van der Waals surface area contributed by atoms with Gasteiger partial charge in [0, 0.05) is 17.5 Å². The summed E-state index contributed by atoms with van der Waals surface area (Å²) in [6.07, 6.45) is 3.11. The number of carbonyl (C=O) groups excluding carboxylic acids is 1. The quantitative estimate of drug-likeness (QED) is 0.349. The third-order valence-corrected chi connectivity index (χ3v) is 2.02. The fraction of sp³-hybridized carbons (Fsp3) is 0. The van der Waals surface area contributed by atoms with Crippen molar-refractivity contribution in [1.82, 2.24) is 5.43 Å². The summed E-state index contributed by atoms with van der Waals surface area (Å²) in [4.78, 5) is 15.3. The van der Waals surface area contributed by atoms with Gasteiger partial charge in [-0.1, -0.05) is 18.2 Å². The Morgan fingerprint density at radius 1 is 1.40 bits per heavy atom. The number of rotatable bonds is 1. The van der Waals surface area contributed by atoms with Gasteiger partial charge >= 0.3 is 0 Å². The number of nitrogens with two attached hydrogens (primary N) is 1. The molecule has 4 N–H and O–H groups in total. The maximum atomic E-state index is 11.3. The van der Waals surface area contributed by atoms with Crippen LogP contribution in [0.1, 0.15) is 5.56 Å². The van der Waals surface area contributed by atoms with Crippen molar-refractivity contribution in [2.75, 3.05) is 5.32 Å². The van der Waals surface area contributed by atoms with Crippen LogP contribution < -0.4 is 16.6 Å². The normalized spacial score (nSPS) is 13.3. The van der Waals surface area contributed by atoms with E-state index in [9.17, 15) is 4.79 Å². The Morgan fingerprint density at radius 3 is 3.00 bits per heavy atom. The van der Waals surface area contributed by atoms with E-state index < -0.39 is 5.91 Å². The van der Waals surface area contributed by atoms with Crippen molar-refractivity contribution in [3.05, 3.63) is 41.7 Å². The van der Waals surface area contributed by atoms with Crippen molar-refractivity contribution in [1.29, 1.82) is 0 Å². The third-order valence-electron chi connectivity index (χ3n) is 2.02. The molecule has 5 nitrogen and oxygen atoms in total. The highest BCUT2D eigenvalue weighted by Crippen LogP contribution is 2.17. The summed E-state index contributed by atoms with van der Waals surface area (Å²) in [5.41, 5.74) is 4.12. The Bertz CT molecular complexity index is 450. The van der Waals surface area contributed by atoms with Crippen LogP contribution in [0.3, 0.4) is 0 Å². The van der Waals surface area contributed by atoms with Gasteiger partial charge in [-0.2, -0.15) is 0 Å². The number of aliphatic imine (C=N–C) groups is 1. The van der Waals surface area contributed by atoms with E-state index in [1.54, 1.807) is 6.21 Å². The lowest BCUT2D eigenvalue weighted by Crippen LogP contribution is -2.33. The average Bonchev–Trinajstić information content (AvgIpc) is 2.49. The Balaban J connectivity index is 2.35. The van der Waals surface area contributed by atoms with E-state index in [0.717, 1.165) is 11.3 Å². The molecule has 0 bridgehead atoms. The Morgan fingerprint density at radius 2 is 2.20 bits per heavy atom. The first-order valence-corrected chi connectivity index (χ1v) is 4.41. The molecule has 1 aromatic rings. The molecule has 0 aromatic heterocycles. The van der Waals surface area contributed by atoms with Crippen LogP contribution in [0.4, 0.5) is 5.69 Å². The van der Waals surface area contributed by atoms with Crippen LogP contribution in [-0.4, -0.2) is 12.1 Å². The number of hydrogen-bond acceptors (Lipinski definition) is 4. The largest absolute Gasteiger partial charge is 0.349 e. The van der Waals surface area contributed by atoms with E-state index in [-0.39, 0.29) is 0 Å². The van der Waals surface area contributed by atoms with Crippen molar-refractivity contribution in [3.8, 4) is 0 Å². The Hall–Kier alpha value is -2.14. The van der Waals surface area contributed by atoms with E-state index in [0.29, 0.717) is 5.70 Å². The fourth-order valence-electron chi connectivity index (χ4n) is 1.29. The lowest BCUT2D eigenvalue weighted by molar-refractivity contribution is -0.117. The number of fused-ring (bicyclic) bond motifs is 1. The first kappa shape index (κ1) is 9.42. The molecular weight excluding hydrogens is 192 g/mol. The molecule has 1 aliphatic heterocycles. The standard InChI is InChI=1S/C10H10N4O/c11-14-10(15)9-6-12-5-7-3-1-2-4-8(7)13-9/h1-6,13H,11H2,(H,14,15). The first-order valence-electron chi connectivity index (χ1n) is 4.41. The average molecular weight is 202 g/mol. The highest BCUT2D eigenvalue weighted by Gasteiger charge is 2.11. The maximum Gasteiger partial charge on any atom is 0.283 e. The summed E-state index contributed by atoms with van der Waals surface area (Å²) in [7, 11) is 0. The Labute approximate surface area is 86.7 Å². The molecule has 0 fully saturated rings. The molecule has 1 aliphatic rings. The number of nitrogens with one attached hydrogen (secondary N) is 2. The molecule has 76 valence electrons. The zero-order chi connectivity index (χ0) is 10.7. The van der Waals surface area contributed by atoms with Crippen molar-refractivity contribution < 1.29 is 4.79 Å². The van der Waals surface area contributed by atoms with Gasteiger partial charge < -0.3 is 5.32 Å². The molecule has 0 radical (unpaired) electrons. The van der Waals surface area contributed by atoms with Gasteiger partial charge in [0.15, 0.2) is 0 Å². The van der Waals surface area contributed by atoms with Gasteiger partial charge in [0.25, 0.3) is 5.91 Å². The molecular formula is C10H10N4O. The molecule has 1 aromatic carbocycles. The summed E-state index contributed by atoms with van der Waals surface area (Å²) >= 11 is 0. The number of para-hydroxylation sites is 1. The SMILES string of the molecule is NNC(=O)C1=CN=Cc2ccccc2N1. The second-order valence-electron chi connectivity index (χ2n) is 3.01. The number of amides is 1. The smallest absolute Gasteiger partial charge is 0.283 e. The van der Waals surface area contributed by atoms with Gasteiger partial charge in [0.05, 0.1) is 6.20 Å². The number of anilines is 1. The number of hydrazine groups is 1. The molecule has 0 saturated carbocycles. The number of benzene rings is 1. The minimum atomic E-state index is -0.399. The van der Waals surface area contributed by atoms with Crippen molar-refractivity contribution in [3.63, 3.8) is 0 Å². The Kier molecular flexibility index (Phi) is 2.47. The van der Waals surface area contributed by atoms with E-state index in [1.165, 1.54) is 6.20 Å². The lowest BCUT2D eigenvalue weighted by Gasteiger charge is -2.08. The van der Waals surface area contributed by atoms with Crippen LogP contribution in [0.5, 0.6) is 0 Å². The lowest BCUT2D eigenvalue weighted by atomic mass is 10.2. The summed E-state index contributed by atoms with van der Waals surface area (Å²) in [6, 6.07) is 7.55. The van der Waals surface area contributed by atoms with Gasteiger partial charge in [0.1, 0.15) is 5.70 Å². The summed E-state index contributed by atoms with van der Waals surface area (Å²) in [5.74, 6) is 4.64. The monoisotopic (exact) mass is 202 g/mol. The fourth-order valence-corrected chi connectivity index (χ4v) is 1.29. The van der Waals surface area contributed by atoms with Crippen LogP contribution in [0.15, 0.2) is 41.2 Å². The van der Waals surface area contributed by atoms with Crippen LogP contribution in [-0.2, 0) is 4.79 Å². The summed E-state index contributed by atoms with van der Waals surface area (Å²) < 4.78 is 0. The molecule has 0 saturated heterocycles. The van der Waals surface area contributed by atoms with Gasteiger partial charge in [-0.25, -0.2) is 5.84 Å². The topological polar surface area (TPSA) is 79.5 Å². The van der Waals surface area contributed by atoms with Gasteiger partial charge in [-0.05, 0) is 6.07 Å². The molecule has 0 unspecified atom stereocenters. The first-order chi connectivity index (χ1) is 7.31. The minimum Gasteiger partial charge on any atom is -0.349 e. The minimum absolute atomic E-state index is 0.318. The molecule has 0 atom stereocenters. The third kappa shape index (κ3) is 1.87. The van der Waals surface area contributed by atoms with Gasteiger partial charge in [-0.3, -0.25) is 15.2 Å². The zero-order valence-corrected chi connectivity index (χ0v) is 7.90. The van der Waals surface area contributed by atoms with Gasteiger partial charge in [-0.15, -0.1) is 0 Å². The predicted molar refractivity (Wildman–Crippen MR) is 58.1 cm³/mol. The molecule has 1 heterocycles. The highest BCUT2D eigenvalue weighted by atomic mass is 16.2. The zero-order valence-electron chi connectivity index (χ0n) is 7.90. The molecule has 5 heteroatoms. The second kappa shape index (κ2) is 3.93. The van der Waals surface area contributed by atoms with E-state index in [1.807, 2.05) is 29.7 Å². The number of carbonyl (C=O) groups is 1. The predicted octanol–water partition coefficient (Wildman–Crippen LogP) is 0.362. The highest BCUT2D eigenvalue weighted by molar-refractivity contribution is 5.99. The number of nitrogens with zero attached hydrogens (tertiary/aromatic N) is 1. The van der Waals surface area contributed by atoms with E-state index in [2.05, 4.69) is 10.3 Å². The molecule has 2 rings (SSSR count). The van der Waals surface area contributed by atoms with E-state index in [4.69, 9.17) is 5.84 Å². The van der Waals surface area contributed by atoms with Crippen molar-refractivity contribution in [2.24, 2.45) is 10.8 Å². The molecule has 0 aliphatic carbocycles.